The summed E-state index contributed by atoms with van der Waals surface area (Å²) in [5.74, 6) is 0.892. The van der Waals surface area contributed by atoms with E-state index in [0.717, 1.165) is 12.3 Å². The lowest BCUT2D eigenvalue weighted by Gasteiger charge is -2.15. The topological polar surface area (TPSA) is 26.0 Å². The smallest absolute Gasteiger partial charge is 0.0300 e. The zero-order valence-electron chi connectivity index (χ0n) is 8.46. The first-order valence-electron chi connectivity index (χ1n) is 5.19. The molecule has 0 radical (unpaired) electrons. The van der Waals surface area contributed by atoms with Crippen molar-refractivity contribution in [3.63, 3.8) is 0 Å². The lowest BCUT2D eigenvalue weighted by Crippen LogP contribution is -2.12. The lowest BCUT2D eigenvalue weighted by atomic mass is 9.98. The van der Waals surface area contributed by atoms with Gasteiger partial charge in [0.05, 0.1) is 0 Å². The van der Waals surface area contributed by atoms with Gasteiger partial charge in [-0.15, -0.1) is 0 Å². The molecule has 0 spiro atoms. The van der Waals surface area contributed by atoms with Gasteiger partial charge in [0.15, 0.2) is 0 Å². The van der Waals surface area contributed by atoms with Crippen molar-refractivity contribution in [2.24, 2.45) is 11.7 Å². The molecular formula is C12H16BrN. The van der Waals surface area contributed by atoms with Gasteiger partial charge in [0.25, 0.3) is 0 Å². The molecule has 2 heteroatoms. The summed E-state index contributed by atoms with van der Waals surface area (Å²) in [4.78, 5) is 0. The Morgan fingerprint density at radius 2 is 2.21 bits per heavy atom. The van der Waals surface area contributed by atoms with Gasteiger partial charge in [0.2, 0.25) is 0 Å². The SMILES string of the molecule is Cc1c(Br)cccc1[C@H](N)CC1CC1. The highest BCUT2D eigenvalue weighted by Crippen LogP contribution is 2.37. The summed E-state index contributed by atoms with van der Waals surface area (Å²) in [6.45, 7) is 2.13. The number of rotatable bonds is 3. The van der Waals surface area contributed by atoms with Gasteiger partial charge >= 0.3 is 0 Å². The van der Waals surface area contributed by atoms with Crippen LogP contribution in [0, 0.1) is 12.8 Å². The zero-order chi connectivity index (χ0) is 10.1. The Labute approximate surface area is 93.8 Å². The molecule has 0 saturated heterocycles. The van der Waals surface area contributed by atoms with Crippen LogP contribution in [-0.4, -0.2) is 0 Å². The van der Waals surface area contributed by atoms with Crippen LogP contribution in [0.15, 0.2) is 22.7 Å². The minimum atomic E-state index is 0.222. The minimum absolute atomic E-state index is 0.222. The Morgan fingerprint density at radius 3 is 2.86 bits per heavy atom. The molecule has 1 nitrogen and oxygen atoms in total. The molecule has 0 unspecified atom stereocenters. The van der Waals surface area contributed by atoms with E-state index >= 15 is 0 Å². The van der Waals surface area contributed by atoms with E-state index in [0.29, 0.717) is 0 Å². The molecule has 0 amide bonds. The van der Waals surface area contributed by atoms with Crippen molar-refractivity contribution in [1.29, 1.82) is 0 Å². The van der Waals surface area contributed by atoms with Gasteiger partial charge in [-0.2, -0.15) is 0 Å². The molecule has 14 heavy (non-hydrogen) atoms. The van der Waals surface area contributed by atoms with Crippen LogP contribution in [-0.2, 0) is 0 Å². The summed E-state index contributed by atoms with van der Waals surface area (Å²) in [5.41, 5.74) is 8.77. The van der Waals surface area contributed by atoms with Crippen LogP contribution in [0.25, 0.3) is 0 Å². The Morgan fingerprint density at radius 1 is 1.50 bits per heavy atom. The van der Waals surface area contributed by atoms with E-state index in [4.69, 9.17) is 5.73 Å². The van der Waals surface area contributed by atoms with Crippen LogP contribution in [0.4, 0.5) is 0 Å². The normalized spacial score (nSPS) is 18.2. The molecular weight excluding hydrogens is 238 g/mol. The second kappa shape index (κ2) is 4.03. The van der Waals surface area contributed by atoms with Crippen molar-refractivity contribution in [2.75, 3.05) is 0 Å². The van der Waals surface area contributed by atoms with E-state index in [9.17, 15) is 0 Å². The summed E-state index contributed by atoms with van der Waals surface area (Å²) in [6, 6.07) is 6.51. The third-order valence-electron chi connectivity index (χ3n) is 2.99. The molecule has 0 bridgehead atoms. The first-order chi connectivity index (χ1) is 6.68. The second-order valence-electron chi connectivity index (χ2n) is 4.24. The van der Waals surface area contributed by atoms with Crippen LogP contribution in [0.1, 0.15) is 36.4 Å². The van der Waals surface area contributed by atoms with E-state index in [1.807, 2.05) is 0 Å². The minimum Gasteiger partial charge on any atom is -0.324 e. The van der Waals surface area contributed by atoms with Crippen molar-refractivity contribution in [2.45, 2.75) is 32.2 Å². The fourth-order valence-electron chi connectivity index (χ4n) is 1.87. The summed E-state index contributed by atoms with van der Waals surface area (Å²) >= 11 is 3.54. The third-order valence-corrected chi connectivity index (χ3v) is 3.85. The van der Waals surface area contributed by atoms with E-state index < -0.39 is 0 Å². The Hall–Kier alpha value is -0.340. The Kier molecular flexibility index (Phi) is 2.93. The number of hydrogen-bond donors (Lipinski definition) is 1. The van der Waals surface area contributed by atoms with Crippen molar-refractivity contribution in [3.05, 3.63) is 33.8 Å². The highest BCUT2D eigenvalue weighted by Gasteiger charge is 2.25. The number of benzene rings is 1. The van der Waals surface area contributed by atoms with Gasteiger partial charge < -0.3 is 5.73 Å². The molecule has 1 fully saturated rings. The predicted octanol–water partition coefficient (Wildman–Crippen LogP) is 3.56. The molecule has 0 heterocycles. The summed E-state index contributed by atoms with van der Waals surface area (Å²) in [5, 5.41) is 0. The molecule has 1 aliphatic rings. The largest absolute Gasteiger partial charge is 0.324 e. The highest BCUT2D eigenvalue weighted by molar-refractivity contribution is 9.10. The number of hydrogen-bond acceptors (Lipinski definition) is 1. The van der Waals surface area contributed by atoms with Crippen molar-refractivity contribution >= 4 is 15.9 Å². The average Bonchev–Trinajstić information content (AvgIpc) is 2.93. The maximum atomic E-state index is 6.18. The molecule has 1 atom stereocenters. The maximum absolute atomic E-state index is 6.18. The van der Waals surface area contributed by atoms with E-state index in [1.54, 1.807) is 0 Å². The Balaban J connectivity index is 2.16. The van der Waals surface area contributed by atoms with E-state index in [2.05, 4.69) is 41.1 Å². The highest BCUT2D eigenvalue weighted by atomic mass is 79.9. The monoisotopic (exact) mass is 253 g/mol. The molecule has 1 aromatic rings. The summed E-state index contributed by atoms with van der Waals surface area (Å²) < 4.78 is 1.17. The molecule has 0 aromatic heterocycles. The molecule has 1 saturated carbocycles. The quantitative estimate of drug-likeness (QED) is 0.876. The number of nitrogens with two attached hydrogens (primary N) is 1. The molecule has 0 aliphatic heterocycles. The van der Waals surface area contributed by atoms with Gasteiger partial charge in [0, 0.05) is 10.5 Å². The van der Waals surface area contributed by atoms with Crippen molar-refractivity contribution in [1.82, 2.24) is 0 Å². The zero-order valence-corrected chi connectivity index (χ0v) is 10.0. The molecule has 2 N–H and O–H groups in total. The average molecular weight is 254 g/mol. The van der Waals surface area contributed by atoms with E-state index in [1.165, 1.54) is 28.4 Å². The molecule has 1 aliphatic carbocycles. The first kappa shape index (κ1) is 10.2. The van der Waals surface area contributed by atoms with E-state index in [-0.39, 0.29) is 6.04 Å². The maximum Gasteiger partial charge on any atom is 0.0300 e. The van der Waals surface area contributed by atoms with Gasteiger partial charge in [-0.3, -0.25) is 0 Å². The second-order valence-corrected chi connectivity index (χ2v) is 5.09. The van der Waals surface area contributed by atoms with Crippen LogP contribution in [0.2, 0.25) is 0 Å². The number of halogens is 1. The summed E-state index contributed by atoms with van der Waals surface area (Å²) in [7, 11) is 0. The van der Waals surface area contributed by atoms with Gasteiger partial charge in [-0.25, -0.2) is 0 Å². The van der Waals surface area contributed by atoms with Crippen LogP contribution < -0.4 is 5.73 Å². The lowest BCUT2D eigenvalue weighted by molar-refractivity contribution is 0.594. The standard InChI is InChI=1S/C12H16BrN/c1-8-10(3-2-4-11(8)13)12(14)7-9-5-6-9/h2-4,9,12H,5-7,14H2,1H3/t12-/m1/s1. The fraction of sp³-hybridized carbons (Fsp3) is 0.500. The van der Waals surface area contributed by atoms with Crippen LogP contribution in [0.3, 0.4) is 0 Å². The first-order valence-corrected chi connectivity index (χ1v) is 5.98. The van der Waals surface area contributed by atoms with Crippen LogP contribution in [0.5, 0.6) is 0 Å². The van der Waals surface area contributed by atoms with Gasteiger partial charge in [0.1, 0.15) is 0 Å². The van der Waals surface area contributed by atoms with Crippen molar-refractivity contribution in [3.8, 4) is 0 Å². The predicted molar refractivity (Wildman–Crippen MR) is 63.1 cm³/mol. The van der Waals surface area contributed by atoms with Gasteiger partial charge in [-0.1, -0.05) is 40.9 Å². The van der Waals surface area contributed by atoms with Crippen molar-refractivity contribution < 1.29 is 0 Å². The van der Waals surface area contributed by atoms with Crippen LogP contribution >= 0.6 is 15.9 Å². The Bertz CT molecular complexity index is 331. The summed E-state index contributed by atoms with van der Waals surface area (Å²) in [6.07, 6.45) is 3.90. The molecule has 1 aromatic carbocycles. The fourth-order valence-corrected chi connectivity index (χ4v) is 2.25. The molecule has 76 valence electrons. The molecule has 2 rings (SSSR count). The van der Waals surface area contributed by atoms with Gasteiger partial charge in [-0.05, 0) is 36.5 Å². The third kappa shape index (κ3) is 2.18.